The lowest BCUT2D eigenvalue weighted by Crippen LogP contribution is -2.27. The first-order chi connectivity index (χ1) is 21.4. The van der Waals surface area contributed by atoms with Crippen LogP contribution < -0.4 is 14.8 Å². The molecule has 3 aromatic rings. The highest BCUT2D eigenvalue weighted by Gasteiger charge is 2.29. The van der Waals surface area contributed by atoms with E-state index in [1.54, 1.807) is 34.3 Å². The zero-order valence-electron chi connectivity index (χ0n) is 27.7. The Kier molecular flexibility index (Phi) is 12.5. The lowest BCUT2D eigenvalue weighted by Gasteiger charge is -2.20. The third-order valence-corrected chi connectivity index (χ3v) is 6.86. The average molecular weight is 624 g/mol. The van der Waals surface area contributed by atoms with Gasteiger partial charge in [0.2, 0.25) is 0 Å². The maximum atomic E-state index is 13.2. The second-order valence-corrected chi connectivity index (χ2v) is 11.3. The Morgan fingerprint density at radius 1 is 0.911 bits per heavy atom. The molecule has 1 N–H and O–H groups in total. The van der Waals surface area contributed by atoms with Crippen molar-refractivity contribution in [3.8, 4) is 33.9 Å². The van der Waals surface area contributed by atoms with E-state index >= 15 is 0 Å². The molecule has 0 radical (unpaired) electrons. The Morgan fingerprint density at radius 3 is 2.09 bits per heavy atom. The van der Waals surface area contributed by atoms with Crippen LogP contribution in [0.2, 0.25) is 0 Å². The van der Waals surface area contributed by atoms with Gasteiger partial charge in [-0.15, -0.1) is 0 Å². The number of aromatic nitrogens is 1. The van der Waals surface area contributed by atoms with Crippen molar-refractivity contribution in [3.05, 3.63) is 53.2 Å². The topological polar surface area (TPSA) is 127 Å². The molecule has 2 aromatic carbocycles. The monoisotopic (exact) mass is 623 g/mol. The number of amides is 3. The van der Waals surface area contributed by atoms with Crippen molar-refractivity contribution in [3.63, 3.8) is 0 Å². The molecule has 0 bridgehead atoms. The molecule has 3 rings (SSSR count). The van der Waals surface area contributed by atoms with Crippen LogP contribution in [0.25, 0.3) is 22.5 Å². The summed E-state index contributed by atoms with van der Waals surface area (Å²) in [5, 5.41) is 6.97. The molecule has 0 atom stereocenters. The van der Waals surface area contributed by atoms with E-state index in [9.17, 15) is 14.4 Å². The standard InChI is InChI=1S/C33H45N5O7/c1-10-34-31(39)29-28(23-14-12-22(13-15-23)20-38(9)16-17-42-11-2)30(45-35-29)25-18-24(21(3)4)26(43-32(40)36(5)6)19-27(25)44-33(41)37(7)8/h12-15,18-19,21H,10-11,16-17,20H2,1-9H3,(H,34,39). The highest BCUT2D eigenvalue weighted by Crippen LogP contribution is 2.44. The Hall–Kier alpha value is -4.42. The summed E-state index contributed by atoms with van der Waals surface area (Å²) < 4.78 is 22.8. The van der Waals surface area contributed by atoms with Crippen LogP contribution in [0.4, 0.5) is 9.59 Å². The van der Waals surface area contributed by atoms with E-state index in [0.29, 0.717) is 48.6 Å². The SMILES string of the molecule is CCNC(=O)c1noc(-c2cc(C(C)C)c(OC(=O)N(C)C)cc2OC(=O)N(C)C)c1-c1ccc(CN(C)CCOCC)cc1. The predicted octanol–water partition coefficient (Wildman–Crippen LogP) is 5.47. The van der Waals surface area contributed by atoms with Gasteiger partial charge in [0.05, 0.1) is 17.7 Å². The van der Waals surface area contributed by atoms with Crippen molar-refractivity contribution in [2.75, 3.05) is 61.5 Å². The molecule has 12 nitrogen and oxygen atoms in total. The van der Waals surface area contributed by atoms with E-state index in [2.05, 4.69) is 15.4 Å². The molecule has 244 valence electrons. The fraction of sp³-hybridized carbons (Fsp3) is 0.455. The van der Waals surface area contributed by atoms with Crippen molar-refractivity contribution in [1.29, 1.82) is 0 Å². The molecule has 0 saturated heterocycles. The molecule has 0 spiro atoms. The lowest BCUT2D eigenvalue weighted by molar-refractivity contribution is 0.0947. The number of nitrogens with zero attached hydrogens (tertiary/aromatic N) is 4. The average Bonchev–Trinajstić information content (AvgIpc) is 3.42. The number of hydrogen-bond acceptors (Lipinski definition) is 9. The highest BCUT2D eigenvalue weighted by molar-refractivity contribution is 6.02. The molecule has 0 aliphatic rings. The zero-order valence-corrected chi connectivity index (χ0v) is 27.7. The minimum Gasteiger partial charge on any atom is -0.410 e. The third-order valence-electron chi connectivity index (χ3n) is 6.86. The van der Waals surface area contributed by atoms with Crippen molar-refractivity contribution >= 4 is 18.1 Å². The first-order valence-electron chi connectivity index (χ1n) is 15.0. The van der Waals surface area contributed by atoms with E-state index in [1.165, 1.54) is 15.9 Å². The molecule has 0 fully saturated rings. The predicted molar refractivity (Wildman–Crippen MR) is 172 cm³/mol. The number of carbonyl (C=O) groups is 3. The van der Waals surface area contributed by atoms with Gasteiger partial charge in [0.15, 0.2) is 11.5 Å². The van der Waals surface area contributed by atoms with Gasteiger partial charge in [0.25, 0.3) is 5.91 Å². The lowest BCUT2D eigenvalue weighted by atomic mass is 9.93. The fourth-order valence-electron chi connectivity index (χ4n) is 4.42. The van der Waals surface area contributed by atoms with Crippen molar-refractivity contribution in [2.45, 2.75) is 40.2 Å². The summed E-state index contributed by atoms with van der Waals surface area (Å²) in [7, 11) is 8.29. The second-order valence-electron chi connectivity index (χ2n) is 11.3. The summed E-state index contributed by atoms with van der Waals surface area (Å²) in [6.45, 7) is 10.9. The molecular formula is C33H45N5O7. The first-order valence-corrected chi connectivity index (χ1v) is 15.0. The van der Waals surface area contributed by atoms with E-state index in [4.69, 9.17) is 18.7 Å². The van der Waals surface area contributed by atoms with Crippen LogP contribution in [0.1, 0.15) is 55.2 Å². The van der Waals surface area contributed by atoms with E-state index in [-0.39, 0.29) is 28.9 Å². The Labute approximate surface area is 265 Å². The Balaban J connectivity index is 2.20. The first kappa shape index (κ1) is 35.1. The molecule has 3 amide bonds. The van der Waals surface area contributed by atoms with Gasteiger partial charge in [-0.2, -0.15) is 0 Å². The zero-order chi connectivity index (χ0) is 33.3. The normalized spacial score (nSPS) is 11.1. The quantitative estimate of drug-likeness (QED) is 0.247. The van der Waals surface area contributed by atoms with E-state index in [1.807, 2.05) is 59.0 Å². The number of rotatable bonds is 13. The van der Waals surface area contributed by atoms with Crippen LogP contribution in [-0.4, -0.2) is 99.5 Å². The number of carbonyl (C=O) groups excluding carboxylic acids is 3. The van der Waals surface area contributed by atoms with Crippen LogP contribution in [0.15, 0.2) is 40.9 Å². The van der Waals surface area contributed by atoms with Crippen LogP contribution in [-0.2, 0) is 11.3 Å². The van der Waals surface area contributed by atoms with Crippen LogP contribution in [0.3, 0.4) is 0 Å². The number of benzene rings is 2. The van der Waals surface area contributed by atoms with Crippen molar-refractivity contribution in [1.82, 2.24) is 25.2 Å². The molecule has 0 saturated carbocycles. The second kappa shape index (κ2) is 16.1. The summed E-state index contributed by atoms with van der Waals surface area (Å²) in [6.07, 6.45) is -1.24. The molecule has 12 heteroatoms. The van der Waals surface area contributed by atoms with Gasteiger partial charge in [-0.3, -0.25) is 9.69 Å². The summed E-state index contributed by atoms with van der Waals surface area (Å²) in [6, 6.07) is 11.0. The molecular weight excluding hydrogens is 578 g/mol. The number of likely N-dealkylation sites (N-methyl/N-ethyl adjacent to an activating group) is 1. The van der Waals surface area contributed by atoms with Gasteiger partial charge >= 0.3 is 12.2 Å². The van der Waals surface area contributed by atoms with Crippen LogP contribution in [0, 0.1) is 0 Å². The number of hydrogen-bond donors (Lipinski definition) is 1. The minimum absolute atomic E-state index is 0.0760. The van der Waals surface area contributed by atoms with E-state index in [0.717, 1.165) is 12.1 Å². The maximum absolute atomic E-state index is 13.2. The Morgan fingerprint density at radius 2 is 1.53 bits per heavy atom. The van der Waals surface area contributed by atoms with Crippen molar-refractivity contribution < 1.29 is 33.1 Å². The third kappa shape index (κ3) is 9.05. The summed E-state index contributed by atoms with van der Waals surface area (Å²) in [5.74, 6) is 0.0332. The summed E-state index contributed by atoms with van der Waals surface area (Å²) in [4.78, 5) is 43.2. The summed E-state index contributed by atoms with van der Waals surface area (Å²) >= 11 is 0. The van der Waals surface area contributed by atoms with Gasteiger partial charge < -0.3 is 33.9 Å². The van der Waals surface area contributed by atoms with Crippen LogP contribution in [0.5, 0.6) is 11.5 Å². The van der Waals surface area contributed by atoms with Crippen LogP contribution >= 0.6 is 0 Å². The molecule has 1 heterocycles. The molecule has 0 aliphatic carbocycles. The highest BCUT2D eigenvalue weighted by atomic mass is 16.6. The molecule has 1 aromatic heterocycles. The van der Waals surface area contributed by atoms with Gasteiger partial charge in [0.1, 0.15) is 11.5 Å². The smallest absolute Gasteiger partial charge is 0.410 e. The molecule has 45 heavy (non-hydrogen) atoms. The number of ether oxygens (including phenoxy) is 3. The van der Waals surface area contributed by atoms with Gasteiger partial charge in [-0.25, -0.2) is 9.59 Å². The summed E-state index contributed by atoms with van der Waals surface area (Å²) in [5.41, 5.74) is 3.32. The van der Waals surface area contributed by atoms with Crippen molar-refractivity contribution in [2.24, 2.45) is 0 Å². The molecule has 0 aliphatic heterocycles. The molecule has 0 unspecified atom stereocenters. The Bertz CT molecular complexity index is 1460. The van der Waals surface area contributed by atoms with Gasteiger partial charge in [-0.05, 0) is 49.6 Å². The maximum Gasteiger partial charge on any atom is 0.414 e. The minimum atomic E-state index is -0.652. The largest absolute Gasteiger partial charge is 0.414 e. The van der Waals surface area contributed by atoms with Gasteiger partial charge in [0, 0.05) is 60.5 Å². The van der Waals surface area contributed by atoms with E-state index < -0.39 is 18.1 Å². The van der Waals surface area contributed by atoms with Gasteiger partial charge in [-0.1, -0.05) is 43.3 Å². The number of nitrogens with one attached hydrogen (secondary N) is 1. The fourth-order valence-corrected chi connectivity index (χ4v) is 4.42.